The van der Waals surface area contributed by atoms with Crippen LogP contribution in [0, 0.1) is 17.7 Å². The lowest BCUT2D eigenvalue weighted by Crippen LogP contribution is -2.42. The van der Waals surface area contributed by atoms with E-state index in [1.54, 1.807) is 37.2 Å². The minimum atomic E-state index is -1.09. The van der Waals surface area contributed by atoms with Gasteiger partial charge in [-0.3, -0.25) is 4.98 Å². The van der Waals surface area contributed by atoms with Gasteiger partial charge >= 0.3 is 0 Å². The first kappa shape index (κ1) is 27.1. The van der Waals surface area contributed by atoms with Crippen molar-refractivity contribution in [3.8, 4) is 5.75 Å². The molecular weight excluding hydrogens is 502 g/mol. The van der Waals surface area contributed by atoms with Gasteiger partial charge in [0.1, 0.15) is 17.7 Å². The summed E-state index contributed by atoms with van der Waals surface area (Å²) in [7, 11) is 1.60. The molecule has 0 aliphatic carbocycles. The molecule has 2 heterocycles. The molecule has 3 atom stereocenters. The molecule has 0 radical (unpaired) electrons. The fourth-order valence-electron chi connectivity index (χ4n) is 5.10. The Kier molecular flexibility index (Phi) is 9.82. The normalized spacial score (nSPS) is 19.5. The van der Waals surface area contributed by atoms with Gasteiger partial charge < -0.3 is 14.7 Å². The molecule has 1 aromatic heterocycles. The van der Waals surface area contributed by atoms with E-state index < -0.39 is 6.17 Å². The highest BCUT2D eigenvalue weighted by molar-refractivity contribution is 7.99. The van der Waals surface area contributed by atoms with E-state index in [9.17, 15) is 9.50 Å². The number of rotatable bonds is 11. The van der Waals surface area contributed by atoms with Gasteiger partial charge in [-0.15, -0.1) is 11.8 Å². The van der Waals surface area contributed by atoms with Gasteiger partial charge in [0.2, 0.25) is 0 Å². The topological polar surface area (TPSA) is 45.6 Å². The van der Waals surface area contributed by atoms with Crippen LogP contribution in [0.5, 0.6) is 5.75 Å². The average Bonchev–Trinajstić information content (AvgIpc) is 2.88. The highest BCUT2D eigenvalue weighted by Gasteiger charge is 2.29. The molecule has 3 aromatic rings. The first-order valence-electron chi connectivity index (χ1n) is 12.5. The molecule has 0 spiro atoms. The summed E-state index contributed by atoms with van der Waals surface area (Å²) in [5.74, 6) is 1.70. The molecule has 0 bridgehead atoms. The van der Waals surface area contributed by atoms with E-state index in [2.05, 4.69) is 9.88 Å². The highest BCUT2D eigenvalue weighted by Crippen LogP contribution is 2.35. The lowest BCUT2D eigenvalue weighted by molar-refractivity contribution is 0.0640. The fraction of sp³-hybridized carbons (Fsp3) is 0.464. The maximum absolute atomic E-state index is 15.4. The molecule has 1 N–H and O–H groups in total. The molecule has 2 aromatic carbocycles. The number of halogens is 3. The van der Waals surface area contributed by atoms with E-state index in [-0.39, 0.29) is 18.3 Å². The molecule has 1 aliphatic heterocycles. The largest absolute Gasteiger partial charge is 0.497 e. The van der Waals surface area contributed by atoms with Gasteiger partial charge in [-0.25, -0.2) is 8.78 Å². The van der Waals surface area contributed by atoms with Crippen LogP contribution in [0.1, 0.15) is 37.4 Å². The second-order valence-corrected chi connectivity index (χ2v) is 11.0. The summed E-state index contributed by atoms with van der Waals surface area (Å²) >= 11 is 7.53. The van der Waals surface area contributed by atoms with Gasteiger partial charge in [-0.2, -0.15) is 0 Å². The predicted octanol–water partition coefficient (Wildman–Crippen LogP) is 6.94. The number of hydrogen-bond acceptors (Lipinski definition) is 5. The molecule has 4 nitrogen and oxygen atoms in total. The van der Waals surface area contributed by atoms with Crippen molar-refractivity contribution in [3.63, 3.8) is 0 Å². The Balaban J connectivity index is 1.25. The van der Waals surface area contributed by atoms with Crippen LogP contribution in [0.3, 0.4) is 0 Å². The van der Waals surface area contributed by atoms with E-state index in [1.165, 1.54) is 12.1 Å². The number of nitrogens with zero attached hydrogens (tertiary/aromatic N) is 2. The van der Waals surface area contributed by atoms with E-state index in [1.807, 2.05) is 18.2 Å². The van der Waals surface area contributed by atoms with Crippen LogP contribution in [0.25, 0.3) is 10.9 Å². The Morgan fingerprint density at radius 2 is 2.08 bits per heavy atom. The summed E-state index contributed by atoms with van der Waals surface area (Å²) in [5, 5.41) is 11.2. The molecule has 0 unspecified atom stereocenters. The highest BCUT2D eigenvalue weighted by atomic mass is 35.5. The van der Waals surface area contributed by atoms with Crippen molar-refractivity contribution in [2.24, 2.45) is 11.8 Å². The summed E-state index contributed by atoms with van der Waals surface area (Å²) in [6.45, 7) is 2.81. The zero-order valence-corrected chi connectivity index (χ0v) is 22.1. The van der Waals surface area contributed by atoms with E-state index in [4.69, 9.17) is 16.3 Å². The SMILES string of the molecule is COc1ccc2nccc([C@H](F)CC[C@@H]3CCN(CCCSc4cc(F)cc(Cl)c4)C[C@@H]3CO)c2c1. The van der Waals surface area contributed by atoms with E-state index in [0.29, 0.717) is 28.7 Å². The number of thioether (sulfide) groups is 1. The quantitative estimate of drug-likeness (QED) is 0.213. The van der Waals surface area contributed by atoms with Crippen molar-refractivity contribution in [1.29, 1.82) is 0 Å². The Bertz CT molecular complexity index is 1130. The number of likely N-dealkylation sites (tertiary alicyclic amines) is 1. The molecule has 36 heavy (non-hydrogen) atoms. The number of hydrogen-bond donors (Lipinski definition) is 1. The number of ether oxygens (including phenoxy) is 1. The van der Waals surface area contributed by atoms with Gasteiger partial charge in [-0.1, -0.05) is 11.6 Å². The Morgan fingerprint density at radius 3 is 2.86 bits per heavy atom. The van der Waals surface area contributed by atoms with Crippen molar-refractivity contribution in [2.45, 2.75) is 36.8 Å². The van der Waals surface area contributed by atoms with Crippen molar-refractivity contribution in [2.75, 3.05) is 39.1 Å². The molecule has 194 valence electrons. The summed E-state index contributed by atoms with van der Waals surface area (Å²) in [6.07, 6.45) is 3.65. The van der Waals surface area contributed by atoms with Gasteiger partial charge in [0, 0.05) is 34.7 Å². The monoisotopic (exact) mass is 534 g/mol. The van der Waals surface area contributed by atoms with Crippen molar-refractivity contribution >= 4 is 34.3 Å². The fourth-order valence-corrected chi connectivity index (χ4v) is 6.30. The number of pyridine rings is 1. The first-order chi connectivity index (χ1) is 17.5. The van der Waals surface area contributed by atoms with Gasteiger partial charge in [-0.05, 0) is 104 Å². The zero-order valence-electron chi connectivity index (χ0n) is 20.5. The number of aliphatic hydroxyl groups excluding tert-OH is 1. The van der Waals surface area contributed by atoms with E-state index in [0.717, 1.165) is 60.4 Å². The lowest BCUT2D eigenvalue weighted by Gasteiger charge is -2.38. The Morgan fingerprint density at radius 1 is 1.22 bits per heavy atom. The number of fused-ring (bicyclic) bond motifs is 1. The molecule has 4 rings (SSSR count). The maximum atomic E-state index is 15.4. The Hall–Kier alpha value is -1.93. The molecular formula is C28H33ClF2N2O2S. The number of benzene rings is 2. The third-order valence-corrected chi connectivity index (χ3v) is 8.32. The minimum Gasteiger partial charge on any atom is -0.497 e. The summed E-state index contributed by atoms with van der Waals surface area (Å²) < 4.78 is 34.2. The molecule has 1 aliphatic rings. The summed E-state index contributed by atoms with van der Waals surface area (Å²) in [5.41, 5.74) is 1.41. The molecule has 1 fully saturated rings. The molecule has 1 saturated heterocycles. The van der Waals surface area contributed by atoms with Crippen LogP contribution in [0.4, 0.5) is 8.78 Å². The van der Waals surface area contributed by atoms with Crippen LogP contribution in [0.15, 0.2) is 53.6 Å². The zero-order chi connectivity index (χ0) is 25.5. The summed E-state index contributed by atoms with van der Waals surface area (Å²) in [6, 6.07) is 11.9. The average molecular weight is 535 g/mol. The smallest absolute Gasteiger partial charge is 0.126 e. The second kappa shape index (κ2) is 13.0. The Labute approximate surface area is 221 Å². The van der Waals surface area contributed by atoms with E-state index >= 15 is 4.39 Å². The van der Waals surface area contributed by atoms with Gasteiger partial charge in [0.25, 0.3) is 0 Å². The van der Waals surface area contributed by atoms with Crippen LogP contribution >= 0.6 is 23.4 Å². The number of aliphatic hydroxyl groups is 1. The predicted molar refractivity (Wildman–Crippen MR) is 143 cm³/mol. The maximum Gasteiger partial charge on any atom is 0.126 e. The summed E-state index contributed by atoms with van der Waals surface area (Å²) in [4.78, 5) is 7.58. The third-order valence-electron chi connectivity index (χ3n) is 7.04. The van der Waals surface area contributed by atoms with Crippen LogP contribution in [0.2, 0.25) is 5.02 Å². The first-order valence-corrected chi connectivity index (χ1v) is 13.8. The minimum absolute atomic E-state index is 0.115. The molecule has 0 amide bonds. The number of aromatic nitrogens is 1. The number of methoxy groups -OCH3 is 1. The lowest BCUT2D eigenvalue weighted by atomic mass is 9.81. The number of piperidine rings is 1. The van der Waals surface area contributed by atoms with Crippen molar-refractivity contribution in [1.82, 2.24) is 9.88 Å². The second-order valence-electron chi connectivity index (χ2n) is 9.43. The molecule has 0 saturated carbocycles. The van der Waals surface area contributed by atoms with Crippen LogP contribution < -0.4 is 4.74 Å². The van der Waals surface area contributed by atoms with Crippen LogP contribution in [-0.4, -0.2) is 54.1 Å². The molecule has 8 heteroatoms. The van der Waals surface area contributed by atoms with Gasteiger partial charge in [0.15, 0.2) is 0 Å². The van der Waals surface area contributed by atoms with Crippen molar-refractivity contribution < 1.29 is 18.6 Å². The van der Waals surface area contributed by atoms with Crippen LogP contribution in [-0.2, 0) is 0 Å². The standard InChI is InChI=1S/C28H33ClF2N2O2S/c1-35-23-4-6-28-26(16-23)25(7-9-32-28)27(31)5-3-19-8-11-33(17-20(19)18-34)10-2-12-36-24-14-21(29)13-22(30)15-24/h4,6-7,9,13-16,19-20,27,34H,2-3,5,8,10-12,17-18H2,1H3/t19-,20-,27-/m1/s1. The van der Waals surface area contributed by atoms with Gasteiger partial charge in [0.05, 0.1) is 12.6 Å². The van der Waals surface area contributed by atoms with Crippen molar-refractivity contribution in [3.05, 3.63) is 65.1 Å². The third kappa shape index (κ3) is 7.09. The number of alkyl halides is 1.